The molecular weight excluding hydrogens is 364 g/mol. The van der Waals surface area contributed by atoms with Gasteiger partial charge in [0.15, 0.2) is 5.76 Å². The van der Waals surface area contributed by atoms with E-state index in [2.05, 4.69) is 24.4 Å². The molecule has 3 aromatic rings. The smallest absolute Gasteiger partial charge is 0.291 e. The lowest BCUT2D eigenvalue weighted by Gasteiger charge is -2.20. The molecule has 1 heterocycles. The molecule has 1 N–H and O–H groups in total. The molecule has 0 bridgehead atoms. The number of amides is 2. The van der Waals surface area contributed by atoms with Crippen molar-refractivity contribution in [1.29, 1.82) is 0 Å². The molecule has 5 nitrogen and oxygen atoms in total. The van der Waals surface area contributed by atoms with Crippen LogP contribution in [0.25, 0.3) is 11.3 Å². The SMILES string of the molecule is CCc1ccc(-c2ccc(C(=O)Nc3ccccc3CN(CC)C(C)=O)o2)cc1. The van der Waals surface area contributed by atoms with Crippen molar-refractivity contribution < 1.29 is 14.0 Å². The lowest BCUT2D eigenvalue weighted by molar-refractivity contribution is -0.129. The zero-order chi connectivity index (χ0) is 20.8. The monoisotopic (exact) mass is 390 g/mol. The summed E-state index contributed by atoms with van der Waals surface area (Å²) in [6.07, 6.45) is 0.977. The zero-order valence-corrected chi connectivity index (χ0v) is 17.1. The van der Waals surface area contributed by atoms with Crippen LogP contribution in [0.3, 0.4) is 0 Å². The van der Waals surface area contributed by atoms with Gasteiger partial charge in [0, 0.05) is 31.3 Å². The molecule has 0 unspecified atom stereocenters. The van der Waals surface area contributed by atoms with Crippen molar-refractivity contribution in [1.82, 2.24) is 4.90 Å². The van der Waals surface area contributed by atoms with Crippen LogP contribution < -0.4 is 5.32 Å². The molecule has 1 aromatic heterocycles. The van der Waals surface area contributed by atoms with Crippen LogP contribution >= 0.6 is 0 Å². The third kappa shape index (κ3) is 4.93. The zero-order valence-electron chi connectivity index (χ0n) is 17.1. The Morgan fingerprint density at radius 3 is 2.34 bits per heavy atom. The fraction of sp³-hybridized carbons (Fsp3) is 0.250. The molecule has 0 atom stereocenters. The number of carbonyl (C=O) groups is 2. The Morgan fingerprint density at radius 2 is 1.69 bits per heavy atom. The normalized spacial score (nSPS) is 10.6. The highest BCUT2D eigenvalue weighted by Crippen LogP contribution is 2.24. The summed E-state index contributed by atoms with van der Waals surface area (Å²) in [5.41, 5.74) is 3.73. The molecule has 2 amide bonds. The van der Waals surface area contributed by atoms with Gasteiger partial charge in [0.05, 0.1) is 0 Å². The number of furan rings is 1. The molecule has 0 saturated carbocycles. The lowest BCUT2D eigenvalue weighted by Crippen LogP contribution is -2.28. The highest BCUT2D eigenvalue weighted by molar-refractivity contribution is 6.03. The highest BCUT2D eigenvalue weighted by atomic mass is 16.3. The Labute approximate surface area is 171 Å². The first kappa shape index (κ1) is 20.4. The van der Waals surface area contributed by atoms with E-state index in [1.807, 2.05) is 43.3 Å². The van der Waals surface area contributed by atoms with Gasteiger partial charge in [0.2, 0.25) is 5.91 Å². The van der Waals surface area contributed by atoms with Crippen LogP contribution in [0.15, 0.2) is 65.1 Å². The van der Waals surface area contributed by atoms with E-state index in [1.165, 1.54) is 5.56 Å². The topological polar surface area (TPSA) is 62.6 Å². The fourth-order valence-corrected chi connectivity index (χ4v) is 3.14. The first-order valence-electron chi connectivity index (χ1n) is 9.85. The van der Waals surface area contributed by atoms with Crippen LogP contribution in [0, 0.1) is 0 Å². The molecule has 0 fully saturated rings. The lowest BCUT2D eigenvalue weighted by atomic mass is 10.1. The predicted octanol–water partition coefficient (Wildman–Crippen LogP) is 5.13. The molecule has 2 aromatic carbocycles. The summed E-state index contributed by atoms with van der Waals surface area (Å²) in [7, 11) is 0. The van der Waals surface area contributed by atoms with E-state index >= 15 is 0 Å². The van der Waals surface area contributed by atoms with E-state index in [1.54, 1.807) is 24.0 Å². The van der Waals surface area contributed by atoms with Gasteiger partial charge in [-0.3, -0.25) is 9.59 Å². The first-order valence-corrected chi connectivity index (χ1v) is 9.85. The number of nitrogens with zero attached hydrogens (tertiary/aromatic N) is 1. The van der Waals surface area contributed by atoms with E-state index in [0.717, 1.165) is 17.5 Å². The van der Waals surface area contributed by atoms with Crippen molar-refractivity contribution >= 4 is 17.5 Å². The Bertz CT molecular complexity index is 989. The molecule has 5 heteroatoms. The predicted molar refractivity (Wildman–Crippen MR) is 115 cm³/mol. The number of rotatable bonds is 7. The molecule has 0 radical (unpaired) electrons. The van der Waals surface area contributed by atoms with Crippen LogP contribution in [0.5, 0.6) is 0 Å². The summed E-state index contributed by atoms with van der Waals surface area (Å²) in [6, 6.07) is 19.1. The van der Waals surface area contributed by atoms with Crippen molar-refractivity contribution in [3.63, 3.8) is 0 Å². The van der Waals surface area contributed by atoms with Crippen LogP contribution in [-0.4, -0.2) is 23.3 Å². The molecular formula is C24H26N2O3. The minimum absolute atomic E-state index is 0.00148. The minimum atomic E-state index is -0.320. The molecule has 3 rings (SSSR count). The number of carbonyl (C=O) groups excluding carboxylic acids is 2. The first-order chi connectivity index (χ1) is 14.0. The summed E-state index contributed by atoms with van der Waals surface area (Å²) in [5.74, 6) is 0.575. The number of aryl methyl sites for hydroxylation is 1. The third-order valence-electron chi connectivity index (χ3n) is 4.93. The summed E-state index contributed by atoms with van der Waals surface area (Å²) in [4.78, 5) is 26.2. The number of para-hydroxylation sites is 1. The van der Waals surface area contributed by atoms with Crippen molar-refractivity contribution in [2.75, 3.05) is 11.9 Å². The summed E-state index contributed by atoms with van der Waals surface area (Å²) in [6.45, 7) is 6.63. The van der Waals surface area contributed by atoms with Crippen LogP contribution in [0.4, 0.5) is 5.69 Å². The maximum Gasteiger partial charge on any atom is 0.291 e. The summed E-state index contributed by atoms with van der Waals surface area (Å²) in [5, 5.41) is 2.91. The van der Waals surface area contributed by atoms with E-state index in [-0.39, 0.29) is 17.6 Å². The van der Waals surface area contributed by atoms with Gasteiger partial charge in [0.1, 0.15) is 5.76 Å². The maximum absolute atomic E-state index is 12.7. The number of hydrogen-bond acceptors (Lipinski definition) is 3. The average molecular weight is 390 g/mol. The largest absolute Gasteiger partial charge is 0.451 e. The van der Waals surface area contributed by atoms with Crippen molar-refractivity contribution in [2.24, 2.45) is 0 Å². The van der Waals surface area contributed by atoms with Crippen LogP contribution in [0.1, 0.15) is 42.5 Å². The molecule has 0 saturated heterocycles. The summed E-state index contributed by atoms with van der Waals surface area (Å²) >= 11 is 0. The fourth-order valence-electron chi connectivity index (χ4n) is 3.14. The van der Waals surface area contributed by atoms with Gasteiger partial charge in [-0.15, -0.1) is 0 Å². The Kier molecular flexibility index (Phi) is 6.50. The molecule has 0 aliphatic heterocycles. The van der Waals surface area contributed by atoms with E-state index < -0.39 is 0 Å². The van der Waals surface area contributed by atoms with Gasteiger partial charge < -0.3 is 14.6 Å². The molecule has 0 aliphatic carbocycles. The van der Waals surface area contributed by atoms with Gasteiger partial charge >= 0.3 is 0 Å². The third-order valence-corrected chi connectivity index (χ3v) is 4.93. The molecule has 0 spiro atoms. The van der Waals surface area contributed by atoms with Crippen molar-refractivity contribution in [2.45, 2.75) is 33.7 Å². The second-order valence-corrected chi connectivity index (χ2v) is 6.86. The number of nitrogens with one attached hydrogen (secondary N) is 1. The van der Waals surface area contributed by atoms with Gasteiger partial charge in [0.25, 0.3) is 5.91 Å². The highest BCUT2D eigenvalue weighted by Gasteiger charge is 2.16. The molecule has 150 valence electrons. The van der Waals surface area contributed by atoms with Gasteiger partial charge in [-0.05, 0) is 42.7 Å². The van der Waals surface area contributed by atoms with E-state index in [4.69, 9.17) is 4.42 Å². The number of anilines is 1. The second-order valence-electron chi connectivity index (χ2n) is 6.86. The maximum atomic E-state index is 12.7. The Hall–Kier alpha value is -3.34. The van der Waals surface area contributed by atoms with Crippen molar-refractivity contribution in [3.8, 4) is 11.3 Å². The second kappa shape index (κ2) is 9.24. The minimum Gasteiger partial charge on any atom is -0.451 e. The Balaban J connectivity index is 1.76. The average Bonchev–Trinajstić information content (AvgIpc) is 3.23. The summed E-state index contributed by atoms with van der Waals surface area (Å²) < 4.78 is 5.78. The number of benzene rings is 2. The van der Waals surface area contributed by atoms with Crippen molar-refractivity contribution in [3.05, 3.63) is 77.6 Å². The van der Waals surface area contributed by atoms with E-state index in [9.17, 15) is 9.59 Å². The van der Waals surface area contributed by atoms with E-state index in [0.29, 0.717) is 24.5 Å². The molecule has 29 heavy (non-hydrogen) atoms. The molecule has 0 aliphatic rings. The van der Waals surface area contributed by atoms with Gasteiger partial charge in [-0.1, -0.05) is 49.4 Å². The van der Waals surface area contributed by atoms with Crippen LogP contribution in [0.2, 0.25) is 0 Å². The van der Waals surface area contributed by atoms with Gasteiger partial charge in [-0.25, -0.2) is 0 Å². The standard InChI is InChI=1S/C24H26N2O3/c1-4-18-10-12-19(13-11-18)22-14-15-23(29-22)24(28)25-21-9-7-6-8-20(21)16-26(5-2)17(3)27/h6-15H,4-5,16H2,1-3H3,(H,25,28). The Morgan fingerprint density at radius 1 is 0.966 bits per heavy atom. The van der Waals surface area contributed by atoms with Crippen LogP contribution in [-0.2, 0) is 17.8 Å². The van der Waals surface area contributed by atoms with Gasteiger partial charge in [-0.2, -0.15) is 0 Å². The quantitative estimate of drug-likeness (QED) is 0.608. The number of hydrogen-bond donors (Lipinski definition) is 1.